The second-order valence-electron chi connectivity index (χ2n) is 10.2. The van der Waals surface area contributed by atoms with E-state index >= 15 is 0 Å². The number of hydroxylamine groups is 2. The molecule has 0 radical (unpaired) electrons. The summed E-state index contributed by atoms with van der Waals surface area (Å²) in [6.45, 7) is 4.38. The van der Waals surface area contributed by atoms with E-state index < -0.39 is 11.6 Å². The van der Waals surface area contributed by atoms with Crippen molar-refractivity contribution in [1.29, 1.82) is 0 Å². The van der Waals surface area contributed by atoms with Crippen molar-refractivity contribution in [2.24, 2.45) is 4.99 Å². The summed E-state index contributed by atoms with van der Waals surface area (Å²) < 4.78 is 5.71. The van der Waals surface area contributed by atoms with Gasteiger partial charge in [-0.2, -0.15) is 11.3 Å². The molecule has 2 aliphatic rings. The third-order valence-electron chi connectivity index (χ3n) is 6.96. The van der Waals surface area contributed by atoms with E-state index in [0.29, 0.717) is 18.9 Å². The van der Waals surface area contributed by atoms with Gasteiger partial charge in [-0.05, 0) is 77.9 Å². The number of aliphatic imine (C=N–C) groups is 1. The van der Waals surface area contributed by atoms with Crippen LogP contribution in [-0.2, 0) is 22.6 Å². The molecule has 1 N–H and O–H groups in total. The van der Waals surface area contributed by atoms with Crippen LogP contribution in [0.3, 0.4) is 0 Å². The van der Waals surface area contributed by atoms with Gasteiger partial charge in [0, 0.05) is 6.42 Å². The Labute approximate surface area is 216 Å². The van der Waals surface area contributed by atoms with Crippen molar-refractivity contribution >= 4 is 23.1 Å². The lowest BCUT2D eigenvalue weighted by Gasteiger charge is -2.37. The highest BCUT2D eigenvalue weighted by Crippen LogP contribution is 2.37. The summed E-state index contributed by atoms with van der Waals surface area (Å²) in [6.07, 6.45) is 5.44. The number of aliphatic carboxylic acids is 1. The smallest absolute Gasteiger partial charge is 0.347 e. The lowest BCUT2D eigenvalue weighted by Crippen LogP contribution is -2.45. The van der Waals surface area contributed by atoms with E-state index in [2.05, 4.69) is 41.1 Å². The van der Waals surface area contributed by atoms with Gasteiger partial charge in [-0.1, -0.05) is 49.2 Å². The van der Waals surface area contributed by atoms with Crippen molar-refractivity contribution in [3.8, 4) is 16.9 Å². The Balaban J connectivity index is 1.31. The first kappa shape index (κ1) is 24.5. The van der Waals surface area contributed by atoms with E-state index in [-0.39, 0.29) is 5.54 Å². The Morgan fingerprint density at radius 2 is 1.89 bits per heavy atom. The van der Waals surface area contributed by atoms with Gasteiger partial charge in [0.1, 0.15) is 18.2 Å². The third kappa shape index (κ3) is 5.47. The monoisotopic (exact) mass is 504 g/mol. The van der Waals surface area contributed by atoms with Crippen LogP contribution < -0.4 is 4.74 Å². The molecular formula is C29H32N2O4S. The lowest BCUT2D eigenvalue weighted by molar-refractivity contribution is -0.152. The minimum absolute atomic E-state index is 0.0476. The van der Waals surface area contributed by atoms with Crippen LogP contribution in [0.25, 0.3) is 11.1 Å². The quantitative estimate of drug-likeness (QED) is 0.387. The topological polar surface area (TPSA) is 71.4 Å². The minimum atomic E-state index is -1.30. The average Bonchev–Trinajstić information content (AvgIpc) is 3.54. The molecule has 0 saturated heterocycles. The fraction of sp³-hybridized carbons (Fsp3) is 0.379. The van der Waals surface area contributed by atoms with Crippen molar-refractivity contribution < 1.29 is 19.5 Å². The molecule has 1 aliphatic carbocycles. The molecule has 36 heavy (non-hydrogen) atoms. The molecule has 0 amide bonds. The summed E-state index contributed by atoms with van der Waals surface area (Å²) in [7, 11) is 0. The molecule has 2 heterocycles. The van der Waals surface area contributed by atoms with Crippen LogP contribution >= 0.6 is 11.3 Å². The van der Waals surface area contributed by atoms with Crippen molar-refractivity contribution in [2.75, 3.05) is 6.61 Å². The zero-order valence-electron chi connectivity index (χ0n) is 20.8. The van der Waals surface area contributed by atoms with Gasteiger partial charge in [0.05, 0.1) is 12.1 Å². The molecule has 0 unspecified atom stereocenters. The fourth-order valence-electron chi connectivity index (χ4n) is 4.81. The summed E-state index contributed by atoms with van der Waals surface area (Å²) >= 11 is 1.71. The molecule has 1 aliphatic heterocycles. The molecule has 0 bridgehead atoms. The zero-order valence-corrected chi connectivity index (χ0v) is 21.6. The van der Waals surface area contributed by atoms with Gasteiger partial charge in [0.2, 0.25) is 0 Å². The largest absolute Gasteiger partial charge is 0.478 e. The number of amidine groups is 1. The van der Waals surface area contributed by atoms with Crippen molar-refractivity contribution in [3.05, 3.63) is 76.5 Å². The highest BCUT2D eigenvalue weighted by Gasteiger charge is 2.39. The fourth-order valence-corrected chi connectivity index (χ4v) is 5.48. The van der Waals surface area contributed by atoms with Gasteiger partial charge in [0.25, 0.3) is 0 Å². The maximum atomic E-state index is 11.4. The van der Waals surface area contributed by atoms with Crippen LogP contribution in [0.4, 0.5) is 0 Å². The summed E-state index contributed by atoms with van der Waals surface area (Å²) in [4.78, 5) is 23.0. The normalized spacial score (nSPS) is 17.3. The van der Waals surface area contributed by atoms with Crippen LogP contribution in [0, 0.1) is 0 Å². The molecule has 2 aromatic carbocycles. The molecule has 1 spiro atoms. The number of nitrogens with zero attached hydrogens (tertiary/aromatic N) is 2. The van der Waals surface area contributed by atoms with E-state index in [4.69, 9.17) is 14.6 Å². The van der Waals surface area contributed by atoms with E-state index in [1.165, 1.54) is 18.4 Å². The Kier molecular flexibility index (Phi) is 6.86. The predicted molar refractivity (Wildman–Crippen MR) is 142 cm³/mol. The highest BCUT2D eigenvalue weighted by atomic mass is 32.1. The second-order valence-corrected chi connectivity index (χ2v) is 11.0. The maximum absolute atomic E-state index is 11.4. The molecule has 1 saturated carbocycles. The number of carbonyl (C=O) groups is 1. The summed E-state index contributed by atoms with van der Waals surface area (Å²) in [5.74, 6) is 0.537. The molecule has 0 atom stereocenters. The lowest BCUT2D eigenvalue weighted by atomic mass is 9.99. The second kappa shape index (κ2) is 10.1. The zero-order chi connectivity index (χ0) is 25.2. The molecule has 6 nitrogen and oxygen atoms in total. The molecule has 3 aromatic rings. The first-order valence-electron chi connectivity index (χ1n) is 12.4. The molecule has 7 heteroatoms. The van der Waals surface area contributed by atoms with E-state index in [9.17, 15) is 9.90 Å². The Morgan fingerprint density at radius 3 is 2.58 bits per heavy atom. The summed E-state index contributed by atoms with van der Waals surface area (Å²) in [6, 6.07) is 18.1. The number of hydrogen-bond acceptors (Lipinski definition) is 6. The van der Waals surface area contributed by atoms with Crippen LogP contribution in [-0.4, -0.2) is 39.7 Å². The number of rotatable bonds is 8. The van der Waals surface area contributed by atoms with Crippen molar-refractivity contribution in [1.82, 2.24) is 5.06 Å². The molecule has 1 aromatic heterocycles. The standard InChI is InChI=1S/C29H32N2O4S/c1-28(2,27(32)33)35-25-7-5-6-24(17-25)23-10-8-21(9-11-23)18-31-26(16-22-12-15-36-19-22)30-29(20-34-31)13-3-4-14-29/h5-12,15,17,19H,3-4,13-14,16,18,20H2,1-2H3,(H,32,33). The predicted octanol–water partition coefficient (Wildman–Crippen LogP) is 6.36. The van der Waals surface area contributed by atoms with Gasteiger partial charge in [-0.3, -0.25) is 9.83 Å². The summed E-state index contributed by atoms with van der Waals surface area (Å²) in [5.41, 5.74) is 3.07. The number of carboxylic acids is 1. The number of hydrogen-bond donors (Lipinski definition) is 1. The van der Waals surface area contributed by atoms with E-state index in [1.807, 2.05) is 23.3 Å². The molecule has 5 rings (SSSR count). The first-order valence-corrected chi connectivity index (χ1v) is 13.4. The van der Waals surface area contributed by atoms with Crippen LogP contribution in [0.1, 0.15) is 50.7 Å². The van der Waals surface area contributed by atoms with Crippen LogP contribution in [0.15, 0.2) is 70.3 Å². The van der Waals surface area contributed by atoms with E-state index in [1.54, 1.807) is 31.3 Å². The molecule has 188 valence electrons. The number of benzene rings is 2. The average molecular weight is 505 g/mol. The van der Waals surface area contributed by atoms with Crippen LogP contribution in [0.2, 0.25) is 0 Å². The van der Waals surface area contributed by atoms with Crippen LogP contribution in [0.5, 0.6) is 5.75 Å². The molecule has 1 fully saturated rings. The minimum Gasteiger partial charge on any atom is -0.478 e. The highest BCUT2D eigenvalue weighted by molar-refractivity contribution is 7.08. The van der Waals surface area contributed by atoms with Gasteiger partial charge < -0.3 is 9.84 Å². The van der Waals surface area contributed by atoms with Gasteiger partial charge >= 0.3 is 5.97 Å². The first-order chi connectivity index (χ1) is 17.3. The Bertz CT molecular complexity index is 1230. The van der Waals surface area contributed by atoms with Gasteiger partial charge in [-0.25, -0.2) is 9.86 Å². The van der Waals surface area contributed by atoms with Gasteiger partial charge in [0.15, 0.2) is 5.60 Å². The van der Waals surface area contributed by atoms with Gasteiger partial charge in [-0.15, -0.1) is 0 Å². The number of thiophene rings is 1. The van der Waals surface area contributed by atoms with Crippen molar-refractivity contribution in [3.63, 3.8) is 0 Å². The van der Waals surface area contributed by atoms with E-state index in [0.717, 1.165) is 41.8 Å². The molecular weight excluding hydrogens is 472 g/mol. The number of ether oxygens (including phenoxy) is 1. The Hall–Kier alpha value is -3.16. The van der Waals surface area contributed by atoms with Crippen molar-refractivity contribution in [2.45, 2.75) is 63.6 Å². The number of carboxylic acid groups (broad SMARTS) is 1. The Morgan fingerprint density at radius 1 is 1.11 bits per heavy atom. The third-order valence-corrected chi connectivity index (χ3v) is 7.69. The SMILES string of the molecule is CC(C)(Oc1cccc(-c2ccc(CN3OCC4(CCCC4)N=C3Cc3ccsc3)cc2)c1)C(=O)O. The summed E-state index contributed by atoms with van der Waals surface area (Å²) in [5, 5.41) is 15.6. The maximum Gasteiger partial charge on any atom is 0.347 e.